The number of ether oxygens (including phenoxy) is 3. The minimum absolute atomic E-state index is 0.0599. The molecule has 1 heterocycles. The number of hydrogen-bond donors (Lipinski definition) is 1. The Labute approximate surface area is 207 Å². The van der Waals surface area contributed by atoms with Crippen LogP contribution >= 0.6 is 0 Å². The molecule has 188 valence electrons. The number of hydrogen-bond acceptors (Lipinski definition) is 6. The maximum Gasteiger partial charge on any atom is 0.295 e. The molecule has 0 radical (unpaired) electrons. The van der Waals surface area contributed by atoms with Crippen LogP contribution in [0.1, 0.15) is 56.8 Å². The minimum atomic E-state index is -0.744. The fourth-order valence-electron chi connectivity index (χ4n) is 4.35. The Morgan fingerprint density at radius 3 is 2.46 bits per heavy atom. The number of aliphatic hydroxyl groups is 1. The molecule has 1 aliphatic rings. The molecule has 7 heteroatoms. The highest BCUT2D eigenvalue weighted by Crippen LogP contribution is 2.41. The van der Waals surface area contributed by atoms with E-state index in [1.165, 1.54) is 4.90 Å². The Balaban J connectivity index is 2.19. The second kappa shape index (κ2) is 11.0. The van der Waals surface area contributed by atoms with E-state index in [-0.39, 0.29) is 16.7 Å². The van der Waals surface area contributed by atoms with E-state index >= 15 is 0 Å². The van der Waals surface area contributed by atoms with Crippen LogP contribution in [0.3, 0.4) is 0 Å². The first-order chi connectivity index (χ1) is 16.6. The average Bonchev–Trinajstić information content (AvgIpc) is 3.08. The number of carbonyl (C=O) groups is 2. The standard InChI is InChI=1S/C28H35NO6/c1-7-35-22-13-12-19(17-21(22)28(2,3)4)25(30)23-24(18-10-8-11-20(16-18)34-6)29(14-9-15-33-5)27(32)26(23)31/h8,10-13,16-17,24,30H,7,9,14-15H2,1-6H3/b25-23-. The highest BCUT2D eigenvalue weighted by Gasteiger charge is 2.46. The summed E-state index contributed by atoms with van der Waals surface area (Å²) in [6, 6.07) is 11.8. The molecule has 0 bridgehead atoms. The van der Waals surface area contributed by atoms with E-state index in [2.05, 4.69) is 20.8 Å². The van der Waals surface area contributed by atoms with Crippen molar-refractivity contribution in [3.63, 3.8) is 0 Å². The molecule has 1 aliphatic heterocycles. The van der Waals surface area contributed by atoms with Gasteiger partial charge in [0, 0.05) is 31.4 Å². The van der Waals surface area contributed by atoms with Crippen LogP contribution in [-0.2, 0) is 19.7 Å². The predicted octanol–water partition coefficient (Wildman–Crippen LogP) is 4.85. The van der Waals surface area contributed by atoms with Gasteiger partial charge in [0.25, 0.3) is 11.7 Å². The third-order valence-electron chi connectivity index (χ3n) is 6.06. The van der Waals surface area contributed by atoms with Gasteiger partial charge in [-0.1, -0.05) is 32.9 Å². The van der Waals surface area contributed by atoms with Crippen LogP contribution in [0, 0.1) is 0 Å². The van der Waals surface area contributed by atoms with Crippen molar-refractivity contribution in [2.75, 3.05) is 34.0 Å². The smallest absolute Gasteiger partial charge is 0.295 e. The van der Waals surface area contributed by atoms with Crippen molar-refractivity contribution in [3.8, 4) is 11.5 Å². The number of Topliss-reactive ketones (excluding diaryl/α,β-unsaturated/α-hetero) is 1. The van der Waals surface area contributed by atoms with Gasteiger partial charge in [0.15, 0.2) is 0 Å². The summed E-state index contributed by atoms with van der Waals surface area (Å²) >= 11 is 0. The van der Waals surface area contributed by atoms with Crippen molar-refractivity contribution < 1.29 is 28.9 Å². The summed E-state index contributed by atoms with van der Waals surface area (Å²) in [6.45, 7) is 9.35. The van der Waals surface area contributed by atoms with Crippen molar-refractivity contribution in [2.24, 2.45) is 0 Å². The Bertz CT molecular complexity index is 1110. The number of likely N-dealkylation sites (tertiary alicyclic amines) is 1. The van der Waals surface area contributed by atoms with Crippen LogP contribution in [0.5, 0.6) is 11.5 Å². The van der Waals surface area contributed by atoms with Crippen molar-refractivity contribution in [1.29, 1.82) is 0 Å². The maximum atomic E-state index is 13.3. The van der Waals surface area contributed by atoms with Crippen molar-refractivity contribution in [1.82, 2.24) is 4.90 Å². The second-order valence-corrected chi connectivity index (χ2v) is 9.51. The zero-order valence-electron chi connectivity index (χ0n) is 21.4. The van der Waals surface area contributed by atoms with E-state index in [1.807, 2.05) is 19.1 Å². The van der Waals surface area contributed by atoms with Gasteiger partial charge in [0.1, 0.15) is 17.3 Å². The van der Waals surface area contributed by atoms with Crippen molar-refractivity contribution >= 4 is 17.4 Å². The van der Waals surface area contributed by atoms with Gasteiger partial charge >= 0.3 is 0 Å². The lowest BCUT2D eigenvalue weighted by molar-refractivity contribution is -0.140. The molecule has 1 atom stereocenters. The lowest BCUT2D eigenvalue weighted by atomic mass is 9.84. The Kier molecular flexibility index (Phi) is 8.22. The molecule has 0 saturated carbocycles. The fraction of sp³-hybridized carbons (Fsp3) is 0.429. The molecule has 7 nitrogen and oxygen atoms in total. The summed E-state index contributed by atoms with van der Waals surface area (Å²) in [6.07, 6.45) is 0.557. The third-order valence-corrected chi connectivity index (χ3v) is 6.06. The Hall–Kier alpha value is -3.32. The molecule has 1 unspecified atom stereocenters. The summed E-state index contributed by atoms with van der Waals surface area (Å²) in [5, 5.41) is 11.5. The van der Waals surface area contributed by atoms with Crippen LogP contribution in [0.15, 0.2) is 48.0 Å². The molecule has 3 rings (SSSR count). The van der Waals surface area contributed by atoms with Crippen molar-refractivity contribution in [2.45, 2.75) is 45.6 Å². The Morgan fingerprint density at radius 2 is 1.83 bits per heavy atom. The Morgan fingerprint density at radius 1 is 1.09 bits per heavy atom. The van der Waals surface area contributed by atoms with Gasteiger partial charge in [-0.3, -0.25) is 9.59 Å². The van der Waals surface area contributed by atoms with E-state index in [1.54, 1.807) is 44.6 Å². The second-order valence-electron chi connectivity index (χ2n) is 9.51. The molecule has 1 amide bonds. The van der Waals surface area contributed by atoms with Crippen LogP contribution < -0.4 is 9.47 Å². The summed E-state index contributed by atoms with van der Waals surface area (Å²) in [5.74, 6) is -0.239. The van der Waals surface area contributed by atoms with E-state index in [0.717, 1.165) is 11.3 Å². The molecule has 2 aromatic rings. The largest absolute Gasteiger partial charge is 0.507 e. The zero-order valence-corrected chi connectivity index (χ0v) is 21.4. The quantitative estimate of drug-likeness (QED) is 0.239. The monoisotopic (exact) mass is 481 g/mol. The van der Waals surface area contributed by atoms with Gasteiger partial charge in [0.05, 0.1) is 25.3 Å². The molecule has 1 fully saturated rings. The van der Waals surface area contributed by atoms with Gasteiger partial charge in [-0.05, 0) is 54.7 Å². The van der Waals surface area contributed by atoms with Crippen molar-refractivity contribution in [3.05, 3.63) is 64.7 Å². The number of rotatable bonds is 9. The first-order valence-corrected chi connectivity index (χ1v) is 11.8. The van der Waals surface area contributed by atoms with Gasteiger partial charge in [0.2, 0.25) is 0 Å². The third kappa shape index (κ3) is 5.51. The van der Waals surface area contributed by atoms with Crippen LogP contribution in [0.2, 0.25) is 0 Å². The van der Waals surface area contributed by atoms with Gasteiger partial charge in [-0.2, -0.15) is 0 Å². The lowest BCUT2D eigenvalue weighted by Crippen LogP contribution is -2.31. The molecular weight excluding hydrogens is 446 g/mol. The number of ketones is 1. The van der Waals surface area contributed by atoms with Gasteiger partial charge in [-0.15, -0.1) is 0 Å². The molecule has 0 aliphatic carbocycles. The molecule has 2 aromatic carbocycles. The summed E-state index contributed by atoms with van der Waals surface area (Å²) in [5.41, 5.74) is 1.84. The normalized spacial score (nSPS) is 17.7. The molecule has 1 N–H and O–H groups in total. The number of amides is 1. The number of methoxy groups -OCH3 is 2. The van der Waals surface area contributed by atoms with Crippen LogP contribution in [0.4, 0.5) is 0 Å². The summed E-state index contributed by atoms with van der Waals surface area (Å²) < 4.78 is 16.3. The summed E-state index contributed by atoms with van der Waals surface area (Å²) in [7, 11) is 3.15. The molecule has 0 spiro atoms. The summed E-state index contributed by atoms with van der Waals surface area (Å²) in [4.78, 5) is 27.8. The SMILES string of the molecule is CCOc1ccc(/C(O)=C2/C(=O)C(=O)N(CCCOC)C2c2cccc(OC)c2)cc1C(C)(C)C. The zero-order chi connectivity index (χ0) is 25.8. The number of nitrogens with zero attached hydrogens (tertiary/aromatic N) is 1. The average molecular weight is 482 g/mol. The van der Waals surface area contributed by atoms with Crippen LogP contribution in [-0.4, -0.2) is 55.7 Å². The molecule has 1 saturated heterocycles. The molecule has 0 aromatic heterocycles. The van der Waals surface area contributed by atoms with E-state index < -0.39 is 17.7 Å². The predicted molar refractivity (Wildman–Crippen MR) is 135 cm³/mol. The topological polar surface area (TPSA) is 85.3 Å². The van der Waals surface area contributed by atoms with Crippen LogP contribution in [0.25, 0.3) is 5.76 Å². The van der Waals surface area contributed by atoms with E-state index in [0.29, 0.717) is 43.1 Å². The highest BCUT2D eigenvalue weighted by atomic mass is 16.5. The maximum absolute atomic E-state index is 13.3. The minimum Gasteiger partial charge on any atom is -0.507 e. The molecular formula is C28H35NO6. The molecule has 35 heavy (non-hydrogen) atoms. The van der Waals surface area contributed by atoms with E-state index in [9.17, 15) is 14.7 Å². The number of aliphatic hydroxyl groups excluding tert-OH is 1. The van der Waals surface area contributed by atoms with E-state index in [4.69, 9.17) is 14.2 Å². The number of carbonyl (C=O) groups excluding carboxylic acids is 2. The van der Waals surface area contributed by atoms with Gasteiger partial charge in [-0.25, -0.2) is 0 Å². The number of benzene rings is 2. The first kappa shape index (κ1) is 26.3. The first-order valence-electron chi connectivity index (χ1n) is 11.8. The lowest BCUT2D eigenvalue weighted by Gasteiger charge is -2.26. The highest BCUT2D eigenvalue weighted by molar-refractivity contribution is 6.46. The van der Waals surface area contributed by atoms with Gasteiger partial charge < -0.3 is 24.2 Å². The fourth-order valence-corrected chi connectivity index (χ4v) is 4.35.